The molecule has 2 aliphatic heterocycles. The number of ether oxygens (including phenoxy) is 1. The van der Waals surface area contributed by atoms with E-state index in [0.29, 0.717) is 12.1 Å². The van der Waals surface area contributed by atoms with Crippen LogP contribution in [0.25, 0.3) is 0 Å². The molecule has 0 aliphatic carbocycles. The molecule has 1 saturated heterocycles. The average molecular weight is 336 g/mol. The van der Waals surface area contributed by atoms with Gasteiger partial charge in [-0.05, 0) is 37.6 Å². The highest BCUT2D eigenvalue weighted by Gasteiger charge is 2.51. The van der Waals surface area contributed by atoms with Gasteiger partial charge >= 0.3 is 0 Å². The number of piperidine rings is 1. The van der Waals surface area contributed by atoms with E-state index >= 15 is 0 Å². The van der Waals surface area contributed by atoms with E-state index in [-0.39, 0.29) is 17.7 Å². The summed E-state index contributed by atoms with van der Waals surface area (Å²) in [4.78, 5) is 25.5. The van der Waals surface area contributed by atoms with Gasteiger partial charge in [0.25, 0.3) is 0 Å². The van der Waals surface area contributed by atoms with E-state index in [1.807, 2.05) is 62.4 Å². The number of carbonyl (C=O) groups is 2. The van der Waals surface area contributed by atoms with Crippen LogP contribution in [-0.2, 0) is 9.59 Å². The summed E-state index contributed by atoms with van der Waals surface area (Å²) in [5.41, 5.74) is 1.95. The van der Waals surface area contributed by atoms with E-state index in [4.69, 9.17) is 4.74 Å². The summed E-state index contributed by atoms with van der Waals surface area (Å²) in [6.45, 7) is 3.84. The summed E-state index contributed by atoms with van der Waals surface area (Å²) < 4.78 is 5.96. The van der Waals surface area contributed by atoms with E-state index < -0.39 is 11.6 Å². The highest BCUT2D eigenvalue weighted by Crippen LogP contribution is 2.46. The molecule has 5 nitrogen and oxygen atoms in total. The van der Waals surface area contributed by atoms with Crippen LogP contribution in [0.5, 0.6) is 5.75 Å². The zero-order valence-electron chi connectivity index (χ0n) is 14.2. The molecule has 0 spiro atoms. The van der Waals surface area contributed by atoms with Crippen LogP contribution in [0.15, 0.2) is 48.5 Å². The van der Waals surface area contributed by atoms with Gasteiger partial charge in [0.15, 0.2) is 5.72 Å². The molecule has 4 rings (SSSR count). The number of benzene rings is 2. The van der Waals surface area contributed by atoms with Crippen molar-refractivity contribution in [3.63, 3.8) is 0 Å². The van der Waals surface area contributed by atoms with Crippen LogP contribution in [-0.4, -0.2) is 17.5 Å². The molecule has 0 saturated carbocycles. The van der Waals surface area contributed by atoms with Gasteiger partial charge in [0.2, 0.25) is 11.8 Å². The van der Waals surface area contributed by atoms with E-state index in [1.165, 1.54) is 0 Å². The number of para-hydroxylation sites is 1. The van der Waals surface area contributed by atoms with Crippen molar-refractivity contribution in [2.24, 2.45) is 5.92 Å². The summed E-state index contributed by atoms with van der Waals surface area (Å²) in [5.74, 6) is -0.828. The van der Waals surface area contributed by atoms with Gasteiger partial charge in [-0.25, -0.2) is 0 Å². The van der Waals surface area contributed by atoms with Crippen LogP contribution < -0.4 is 15.4 Å². The van der Waals surface area contributed by atoms with Crippen molar-refractivity contribution >= 4 is 17.5 Å². The predicted molar refractivity (Wildman–Crippen MR) is 94.3 cm³/mol. The molecular formula is C20H20N2O3. The first kappa shape index (κ1) is 15.7. The topological polar surface area (TPSA) is 67.4 Å². The number of amides is 2. The maximum Gasteiger partial charge on any atom is 0.237 e. The second-order valence-corrected chi connectivity index (χ2v) is 7.00. The number of aryl methyl sites for hydroxylation is 1. The van der Waals surface area contributed by atoms with Crippen molar-refractivity contribution in [3.8, 4) is 5.75 Å². The molecule has 1 fully saturated rings. The first-order valence-corrected chi connectivity index (χ1v) is 8.43. The van der Waals surface area contributed by atoms with Gasteiger partial charge in [-0.2, -0.15) is 0 Å². The average Bonchev–Trinajstić information content (AvgIpc) is 2.56. The minimum Gasteiger partial charge on any atom is -0.468 e. The minimum atomic E-state index is -0.778. The Morgan fingerprint density at radius 2 is 1.92 bits per heavy atom. The SMILES string of the molecule is Cc1ccc(NC(=O)[C@H]2C(=O)N[C@]3(C)C[C@@H]2c2ccccc2O3)cc1. The summed E-state index contributed by atoms with van der Waals surface area (Å²) in [7, 11) is 0. The number of nitrogens with one attached hydrogen (secondary N) is 2. The zero-order chi connectivity index (χ0) is 17.6. The summed E-state index contributed by atoms with van der Waals surface area (Å²) in [5, 5.41) is 5.74. The molecule has 2 N–H and O–H groups in total. The van der Waals surface area contributed by atoms with Crippen LogP contribution in [0, 0.1) is 12.8 Å². The first-order valence-electron chi connectivity index (χ1n) is 8.43. The Balaban J connectivity index is 1.66. The van der Waals surface area contributed by atoms with Crippen molar-refractivity contribution < 1.29 is 14.3 Å². The minimum absolute atomic E-state index is 0.200. The first-order chi connectivity index (χ1) is 12.0. The summed E-state index contributed by atoms with van der Waals surface area (Å²) in [6.07, 6.45) is 0.571. The molecule has 5 heteroatoms. The summed E-state index contributed by atoms with van der Waals surface area (Å²) in [6, 6.07) is 15.2. The second-order valence-electron chi connectivity index (χ2n) is 7.00. The third kappa shape index (κ3) is 2.76. The number of anilines is 1. The monoisotopic (exact) mass is 336 g/mol. The quantitative estimate of drug-likeness (QED) is 0.829. The van der Waals surface area contributed by atoms with Crippen molar-refractivity contribution in [1.82, 2.24) is 5.32 Å². The number of fused-ring (bicyclic) bond motifs is 4. The van der Waals surface area contributed by atoms with Gasteiger partial charge in [0, 0.05) is 18.0 Å². The molecule has 0 radical (unpaired) electrons. The molecule has 2 aromatic carbocycles. The maximum atomic E-state index is 12.9. The van der Waals surface area contributed by atoms with Crippen molar-refractivity contribution in [2.45, 2.75) is 31.9 Å². The van der Waals surface area contributed by atoms with Gasteiger partial charge in [-0.15, -0.1) is 0 Å². The predicted octanol–water partition coefficient (Wildman–Crippen LogP) is 2.96. The zero-order valence-corrected chi connectivity index (χ0v) is 14.2. The molecule has 25 heavy (non-hydrogen) atoms. The van der Waals surface area contributed by atoms with Gasteiger partial charge in [0.1, 0.15) is 11.7 Å². The van der Waals surface area contributed by atoms with Crippen molar-refractivity contribution in [3.05, 3.63) is 59.7 Å². The number of rotatable bonds is 2. The third-order valence-corrected chi connectivity index (χ3v) is 4.94. The highest BCUT2D eigenvalue weighted by atomic mass is 16.5. The van der Waals surface area contributed by atoms with Crippen LogP contribution in [0.4, 0.5) is 5.69 Å². The Morgan fingerprint density at radius 3 is 2.68 bits per heavy atom. The van der Waals surface area contributed by atoms with Crippen molar-refractivity contribution in [1.29, 1.82) is 0 Å². The van der Waals surface area contributed by atoms with Crippen LogP contribution in [0.2, 0.25) is 0 Å². The van der Waals surface area contributed by atoms with Gasteiger partial charge in [-0.1, -0.05) is 35.9 Å². The number of hydrogen-bond donors (Lipinski definition) is 2. The molecule has 0 aromatic heterocycles. The maximum absolute atomic E-state index is 12.9. The lowest BCUT2D eigenvalue weighted by atomic mass is 9.74. The Hall–Kier alpha value is -2.82. The van der Waals surface area contributed by atoms with Crippen LogP contribution >= 0.6 is 0 Å². The lowest BCUT2D eigenvalue weighted by molar-refractivity contribution is -0.145. The fourth-order valence-electron chi connectivity index (χ4n) is 3.75. The van der Waals surface area contributed by atoms with Gasteiger partial charge < -0.3 is 15.4 Å². The Bertz CT molecular complexity index is 846. The van der Waals surface area contributed by atoms with Crippen molar-refractivity contribution in [2.75, 3.05) is 5.32 Å². The summed E-state index contributed by atoms with van der Waals surface area (Å²) >= 11 is 0. The molecule has 2 amide bonds. The van der Waals surface area contributed by atoms with E-state index in [2.05, 4.69) is 10.6 Å². The second kappa shape index (κ2) is 5.62. The molecule has 2 aromatic rings. The number of hydrogen-bond acceptors (Lipinski definition) is 3. The molecule has 3 atom stereocenters. The molecular weight excluding hydrogens is 316 g/mol. The Labute approximate surface area is 146 Å². The lowest BCUT2D eigenvalue weighted by Gasteiger charge is -2.46. The largest absolute Gasteiger partial charge is 0.468 e. The molecule has 128 valence electrons. The Kier molecular flexibility index (Phi) is 3.53. The van der Waals surface area contributed by atoms with Crippen LogP contribution in [0.3, 0.4) is 0 Å². The van der Waals surface area contributed by atoms with E-state index in [9.17, 15) is 9.59 Å². The van der Waals surface area contributed by atoms with Crippen LogP contribution in [0.1, 0.15) is 30.4 Å². The number of carbonyl (C=O) groups excluding carboxylic acids is 2. The molecule has 2 heterocycles. The standard InChI is InChI=1S/C20H20N2O3/c1-12-7-9-13(10-8-12)21-18(23)17-15-11-20(2,22-19(17)24)25-16-6-4-3-5-14(15)16/h3-10,15,17H,11H2,1-2H3,(H,21,23)(H,22,24)/t15-,17+,20+/m1/s1. The fourth-order valence-corrected chi connectivity index (χ4v) is 3.75. The Morgan fingerprint density at radius 1 is 1.20 bits per heavy atom. The van der Waals surface area contributed by atoms with Gasteiger partial charge in [0.05, 0.1) is 0 Å². The van der Waals surface area contributed by atoms with Gasteiger partial charge in [-0.3, -0.25) is 9.59 Å². The molecule has 0 unspecified atom stereocenters. The highest BCUT2D eigenvalue weighted by molar-refractivity contribution is 6.08. The fraction of sp³-hybridized carbons (Fsp3) is 0.300. The normalized spacial score (nSPS) is 26.9. The smallest absolute Gasteiger partial charge is 0.237 e. The third-order valence-electron chi connectivity index (χ3n) is 4.94. The molecule has 2 bridgehead atoms. The molecule has 2 aliphatic rings. The lowest BCUT2D eigenvalue weighted by Crippen LogP contribution is -2.62. The van der Waals surface area contributed by atoms with E-state index in [0.717, 1.165) is 16.9 Å². The van der Waals surface area contributed by atoms with E-state index in [1.54, 1.807) is 0 Å².